The van der Waals surface area contributed by atoms with Crippen molar-refractivity contribution in [2.24, 2.45) is 0 Å². The smallest absolute Gasteiger partial charge is 0.264 e. The van der Waals surface area contributed by atoms with E-state index in [2.05, 4.69) is 10.1 Å². The van der Waals surface area contributed by atoms with E-state index in [4.69, 9.17) is 9.26 Å². The van der Waals surface area contributed by atoms with Gasteiger partial charge in [-0.3, -0.25) is 0 Å². The molecule has 0 aliphatic rings. The average molecular weight is 262 g/mol. The molecule has 102 valence electrons. The summed E-state index contributed by atoms with van der Waals surface area (Å²) in [5.74, 6) is 1.95. The monoisotopic (exact) mass is 262 g/mol. The first kappa shape index (κ1) is 13.5. The minimum atomic E-state index is -0.579. The van der Waals surface area contributed by atoms with Gasteiger partial charge in [0.2, 0.25) is 0 Å². The second-order valence-corrected chi connectivity index (χ2v) is 4.70. The Balaban J connectivity index is 2.06. The number of rotatable bonds is 5. The Morgan fingerprint density at radius 2 is 2.00 bits per heavy atom. The maximum atomic E-state index is 9.65. The highest BCUT2D eigenvalue weighted by atomic mass is 16.5. The van der Waals surface area contributed by atoms with Crippen LogP contribution in [0.4, 0.5) is 0 Å². The molecule has 1 aromatic heterocycles. The Hall–Kier alpha value is -1.88. The van der Waals surface area contributed by atoms with Gasteiger partial charge in [-0.2, -0.15) is 4.98 Å². The van der Waals surface area contributed by atoms with Gasteiger partial charge in [0.05, 0.1) is 6.10 Å². The standard InChI is InChI=1S/C14H18N2O3/c1-9(2)14-15-13(19-16-14)8-18-12-7-5-4-6-11(12)10(3)17/h4-7,9-10,17H,8H2,1-3H3. The number of hydrogen-bond acceptors (Lipinski definition) is 5. The molecule has 2 rings (SSSR count). The summed E-state index contributed by atoms with van der Waals surface area (Å²) in [5.41, 5.74) is 0.742. The minimum Gasteiger partial charge on any atom is -0.483 e. The maximum absolute atomic E-state index is 9.65. The second kappa shape index (κ2) is 5.84. The lowest BCUT2D eigenvalue weighted by atomic mass is 10.1. The Labute approximate surface area is 112 Å². The van der Waals surface area contributed by atoms with Crippen molar-refractivity contribution in [2.45, 2.75) is 39.4 Å². The van der Waals surface area contributed by atoms with Crippen LogP contribution in [0.5, 0.6) is 5.75 Å². The Morgan fingerprint density at radius 1 is 1.26 bits per heavy atom. The number of aromatic nitrogens is 2. The molecule has 0 aliphatic heterocycles. The molecule has 0 saturated heterocycles. The molecule has 1 heterocycles. The van der Waals surface area contributed by atoms with E-state index in [1.165, 1.54) is 0 Å². The van der Waals surface area contributed by atoms with Crippen LogP contribution in [0.15, 0.2) is 28.8 Å². The molecule has 1 N–H and O–H groups in total. The lowest BCUT2D eigenvalue weighted by Crippen LogP contribution is -2.01. The number of aliphatic hydroxyl groups is 1. The van der Waals surface area contributed by atoms with Crippen LogP contribution in [0, 0.1) is 0 Å². The lowest BCUT2D eigenvalue weighted by Gasteiger charge is -2.11. The average Bonchev–Trinajstić information content (AvgIpc) is 2.85. The lowest BCUT2D eigenvalue weighted by molar-refractivity contribution is 0.185. The molecule has 19 heavy (non-hydrogen) atoms. The second-order valence-electron chi connectivity index (χ2n) is 4.70. The molecule has 0 aliphatic carbocycles. The first-order chi connectivity index (χ1) is 9.08. The summed E-state index contributed by atoms with van der Waals surface area (Å²) >= 11 is 0. The fourth-order valence-corrected chi connectivity index (χ4v) is 1.66. The van der Waals surface area contributed by atoms with E-state index in [0.717, 1.165) is 5.56 Å². The van der Waals surface area contributed by atoms with Gasteiger partial charge in [0.15, 0.2) is 12.4 Å². The van der Waals surface area contributed by atoms with Crippen molar-refractivity contribution in [1.29, 1.82) is 0 Å². The maximum Gasteiger partial charge on any atom is 0.264 e. The summed E-state index contributed by atoms with van der Waals surface area (Å²) in [7, 11) is 0. The zero-order valence-corrected chi connectivity index (χ0v) is 11.3. The fraction of sp³-hybridized carbons (Fsp3) is 0.429. The molecule has 5 heteroatoms. The van der Waals surface area contributed by atoms with Crippen molar-refractivity contribution in [1.82, 2.24) is 10.1 Å². The predicted octanol–water partition coefficient (Wildman–Crippen LogP) is 2.83. The molecule has 0 saturated carbocycles. The molecular weight excluding hydrogens is 244 g/mol. The van der Waals surface area contributed by atoms with Crippen LogP contribution in [0.25, 0.3) is 0 Å². The van der Waals surface area contributed by atoms with Crippen LogP contribution < -0.4 is 4.74 Å². The third kappa shape index (κ3) is 3.32. The molecule has 1 unspecified atom stereocenters. The molecule has 1 atom stereocenters. The molecule has 5 nitrogen and oxygen atoms in total. The third-order valence-electron chi connectivity index (χ3n) is 2.72. The van der Waals surface area contributed by atoms with Crippen LogP contribution >= 0.6 is 0 Å². The molecule has 0 amide bonds. The van der Waals surface area contributed by atoms with E-state index < -0.39 is 6.10 Å². The van der Waals surface area contributed by atoms with Crippen molar-refractivity contribution >= 4 is 0 Å². The van der Waals surface area contributed by atoms with Crippen molar-refractivity contribution < 1.29 is 14.4 Å². The summed E-state index contributed by atoms with van der Waals surface area (Å²) in [6.07, 6.45) is -0.579. The van der Waals surface area contributed by atoms with E-state index in [9.17, 15) is 5.11 Å². The van der Waals surface area contributed by atoms with Gasteiger partial charge in [0, 0.05) is 11.5 Å². The van der Waals surface area contributed by atoms with Crippen LogP contribution in [-0.4, -0.2) is 15.2 Å². The van der Waals surface area contributed by atoms with Crippen LogP contribution in [0.1, 0.15) is 50.1 Å². The number of aliphatic hydroxyl groups excluding tert-OH is 1. The zero-order chi connectivity index (χ0) is 13.8. The van der Waals surface area contributed by atoms with Crippen LogP contribution in [0.3, 0.4) is 0 Å². The minimum absolute atomic E-state index is 0.198. The molecule has 0 spiro atoms. The summed E-state index contributed by atoms with van der Waals surface area (Å²) in [5, 5.41) is 13.5. The zero-order valence-electron chi connectivity index (χ0n) is 11.3. The van der Waals surface area contributed by atoms with Gasteiger partial charge in [0.25, 0.3) is 5.89 Å². The van der Waals surface area contributed by atoms with Gasteiger partial charge in [-0.15, -0.1) is 0 Å². The molecule has 2 aromatic rings. The van der Waals surface area contributed by atoms with Crippen LogP contribution in [0.2, 0.25) is 0 Å². The van der Waals surface area contributed by atoms with Crippen molar-refractivity contribution in [2.75, 3.05) is 0 Å². The summed E-state index contributed by atoms with van der Waals surface area (Å²) in [6, 6.07) is 7.35. The SMILES string of the molecule is CC(C)c1noc(COc2ccccc2C(C)O)n1. The van der Waals surface area contributed by atoms with Crippen molar-refractivity contribution in [3.05, 3.63) is 41.5 Å². The van der Waals surface area contributed by atoms with Gasteiger partial charge in [-0.1, -0.05) is 37.2 Å². The predicted molar refractivity (Wildman–Crippen MR) is 69.8 cm³/mol. The normalized spacial score (nSPS) is 12.7. The van der Waals surface area contributed by atoms with Crippen molar-refractivity contribution in [3.8, 4) is 5.75 Å². The van der Waals surface area contributed by atoms with Gasteiger partial charge >= 0.3 is 0 Å². The topological polar surface area (TPSA) is 68.4 Å². The first-order valence-electron chi connectivity index (χ1n) is 6.30. The van der Waals surface area contributed by atoms with Gasteiger partial charge < -0.3 is 14.4 Å². The number of nitrogens with zero attached hydrogens (tertiary/aromatic N) is 2. The highest BCUT2D eigenvalue weighted by molar-refractivity contribution is 5.34. The summed E-state index contributed by atoms with van der Waals surface area (Å²) in [4.78, 5) is 4.23. The Bertz CT molecular complexity index is 535. The highest BCUT2D eigenvalue weighted by Crippen LogP contribution is 2.25. The number of benzene rings is 1. The molecule has 0 fully saturated rings. The van der Waals surface area contributed by atoms with Crippen LogP contribution in [-0.2, 0) is 6.61 Å². The highest BCUT2D eigenvalue weighted by Gasteiger charge is 2.12. The third-order valence-corrected chi connectivity index (χ3v) is 2.72. The number of hydrogen-bond donors (Lipinski definition) is 1. The van der Waals surface area contributed by atoms with E-state index in [1.807, 2.05) is 38.1 Å². The van der Waals surface area contributed by atoms with Crippen molar-refractivity contribution in [3.63, 3.8) is 0 Å². The quantitative estimate of drug-likeness (QED) is 0.897. The summed E-state index contributed by atoms with van der Waals surface area (Å²) in [6.45, 7) is 5.89. The Morgan fingerprint density at radius 3 is 2.63 bits per heavy atom. The molecule has 0 bridgehead atoms. The van der Waals surface area contributed by atoms with Gasteiger partial charge in [-0.25, -0.2) is 0 Å². The largest absolute Gasteiger partial charge is 0.483 e. The van der Waals surface area contributed by atoms with E-state index in [-0.39, 0.29) is 12.5 Å². The number of para-hydroxylation sites is 1. The summed E-state index contributed by atoms with van der Waals surface area (Å²) < 4.78 is 10.7. The van der Waals surface area contributed by atoms with E-state index in [0.29, 0.717) is 17.5 Å². The molecular formula is C14H18N2O3. The van der Waals surface area contributed by atoms with Gasteiger partial charge in [0.1, 0.15) is 5.75 Å². The van der Waals surface area contributed by atoms with E-state index >= 15 is 0 Å². The first-order valence-corrected chi connectivity index (χ1v) is 6.30. The molecule has 0 radical (unpaired) electrons. The van der Waals surface area contributed by atoms with E-state index in [1.54, 1.807) is 6.92 Å². The Kier molecular flexibility index (Phi) is 4.16. The molecule has 1 aromatic carbocycles. The van der Waals surface area contributed by atoms with Gasteiger partial charge in [-0.05, 0) is 13.0 Å². The number of ether oxygens (including phenoxy) is 1. The fourth-order valence-electron chi connectivity index (χ4n) is 1.66.